The van der Waals surface area contributed by atoms with Crippen LogP contribution in [0.25, 0.3) is 0 Å². The van der Waals surface area contributed by atoms with Crippen LogP contribution in [-0.2, 0) is 9.84 Å². The van der Waals surface area contributed by atoms with E-state index in [1.165, 1.54) is 29.2 Å². The molecule has 1 aromatic rings. The number of fused-ring (bicyclic) bond motifs is 1. The summed E-state index contributed by atoms with van der Waals surface area (Å²) in [6.45, 7) is 0. The standard InChI is InChI=1S/C11H11N3O5S/c15-11-12-9-5-20(18,19)6-10(9)13(11)7-1-3-8(4-2-7)14(16)17/h1-4,9-10H,5-6H2,(H,12,15). The molecular formula is C11H11N3O5S. The monoisotopic (exact) mass is 297 g/mol. The van der Waals surface area contributed by atoms with Gasteiger partial charge in [-0.15, -0.1) is 0 Å². The predicted molar refractivity (Wildman–Crippen MR) is 70.3 cm³/mol. The zero-order valence-corrected chi connectivity index (χ0v) is 11.0. The van der Waals surface area contributed by atoms with E-state index in [4.69, 9.17) is 0 Å². The van der Waals surface area contributed by atoms with Crippen molar-refractivity contribution in [2.24, 2.45) is 0 Å². The number of nitrogens with zero attached hydrogens (tertiary/aromatic N) is 2. The lowest BCUT2D eigenvalue weighted by molar-refractivity contribution is -0.384. The molecule has 2 aliphatic heterocycles. The first-order valence-electron chi connectivity index (χ1n) is 5.92. The van der Waals surface area contributed by atoms with Gasteiger partial charge in [0.25, 0.3) is 5.69 Å². The Hall–Kier alpha value is -2.16. The summed E-state index contributed by atoms with van der Waals surface area (Å²) in [6.07, 6.45) is 0. The Kier molecular flexibility index (Phi) is 2.68. The smallest absolute Gasteiger partial charge is 0.322 e. The Bertz CT molecular complexity index is 685. The van der Waals surface area contributed by atoms with Crippen LogP contribution in [0, 0.1) is 10.1 Å². The summed E-state index contributed by atoms with van der Waals surface area (Å²) in [4.78, 5) is 23.3. The summed E-state index contributed by atoms with van der Waals surface area (Å²) in [7, 11) is -3.16. The number of non-ortho nitro benzene ring substituents is 1. The molecule has 8 nitrogen and oxygen atoms in total. The minimum Gasteiger partial charge on any atom is -0.332 e. The molecule has 0 bridgehead atoms. The van der Waals surface area contributed by atoms with Crippen molar-refractivity contribution in [2.45, 2.75) is 12.1 Å². The van der Waals surface area contributed by atoms with Gasteiger partial charge in [0.05, 0.1) is 28.5 Å². The minimum atomic E-state index is -3.16. The van der Waals surface area contributed by atoms with Crippen molar-refractivity contribution in [1.82, 2.24) is 5.32 Å². The van der Waals surface area contributed by atoms with Crippen molar-refractivity contribution in [2.75, 3.05) is 16.4 Å². The molecule has 2 saturated heterocycles. The maximum Gasteiger partial charge on any atom is 0.322 e. The first-order valence-corrected chi connectivity index (χ1v) is 7.74. The SMILES string of the molecule is O=C1NC2CS(=O)(=O)CC2N1c1ccc([N+](=O)[O-])cc1. The highest BCUT2D eigenvalue weighted by atomic mass is 32.2. The fraction of sp³-hybridized carbons (Fsp3) is 0.364. The van der Waals surface area contributed by atoms with Gasteiger partial charge in [-0.25, -0.2) is 13.2 Å². The van der Waals surface area contributed by atoms with Crippen LogP contribution in [0.3, 0.4) is 0 Å². The zero-order valence-electron chi connectivity index (χ0n) is 10.2. The third-order valence-electron chi connectivity index (χ3n) is 3.52. The average Bonchev–Trinajstić information content (AvgIpc) is 2.79. The maximum atomic E-state index is 11.9. The van der Waals surface area contributed by atoms with Gasteiger partial charge in [-0.1, -0.05) is 0 Å². The lowest BCUT2D eigenvalue weighted by atomic mass is 10.1. The maximum absolute atomic E-state index is 11.9. The van der Waals surface area contributed by atoms with Crippen LogP contribution >= 0.6 is 0 Å². The number of nitro benzene ring substituents is 1. The molecule has 3 rings (SSSR count). The Balaban J connectivity index is 1.93. The number of rotatable bonds is 2. The lowest BCUT2D eigenvalue weighted by Crippen LogP contribution is -2.36. The Morgan fingerprint density at radius 1 is 1.25 bits per heavy atom. The highest BCUT2D eigenvalue weighted by Gasteiger charge is 2.49. The molecule has 0 spiro atoms. The largest absolute Gasteiger partial charge is 0.332 e. The summed E-state index contributed by atoms with van der Waals surface area (Å²) in [5.74, 6) is -0.152. The van der Waals surface area contributed by atoms with Gasteiger partial charge in [0, 0.05) is 17.8 Å². The number of carbonyl (C=O) groups is 1. The Labute approximate surface area is 114 Å². The van der Waals surface area contributed by atoms with Gasteiger partial charge < -0.3 is 5.32 Å². The van der Waals surface area contributed by atoms with Crippen molar-refractivity contribution >= 4 is 27.2 Å². The van der Waals surface area contributed by atoms with E-state index >= 15 is 0 Å². The van der Waals surface area contributed by atoms with E-state index in [9.17, 15) is 23.3 Å². The molecule has 2 fully saturated rings. The number of nitro groups is 1. The Morgan fingerprint density at radius 2 is 1.90 bits per heavy atom. The first-order chi connectivity index (χ1) is 9.37. The molecule has 9 heteroatoms. The van der Waals surface area contributed by atoms with Crippen LogP contribution in [0.2, 0.25) is 0 Å². The van der Waals surface area contributed by atoms with E-state index in [0.717, 1.165) is 0 Å². The number of hydrogen-bond donors (Lipinski definition) is 1. The van der Waals surface area contributed by atoms with Crippen LogP contribution in [0.15, 0.2) is 24.3 Å². The van der Waals surface area contributed by atoms with Gasteiger partial charge >= 0.3 is 6.03 Å². The number of sulfone groups is 1. The first kappa shape index (κ1) is 12.9. The second-order valence-electron chi connectivity index (χ2n) is 4.84. The van der Waals surface area contributed by atoms with Crippen LogP contribution < -0.4 is 10.2 Å². The van der Waals surface area contributed by atoms with Crippen LogP contribution in [0.4, 0.5) is 16.2 Å². The normalized spacial score (nSPS) is 27.2. The third kappa shape index (κ3) is 1.99. The number of benzene rings is 1. The summed E-state index contributed by atoms with van der Waals surface area (Å²) in [5, 5.41) is 13.2. The molecule has 0 aromatic heterocycles. The molecule has 2 aliphatic rings. The number of amides is 2. The summed E-state index contributed by atoms with van der Waals surface area (Å²) >= 11 is 0. The number of anilines is 1. The van der Waals surface area contributed by atoms with Gasteiger partial charge in [0.2, 0.25) is 0 Å². The van der Waals surface area contributed by atoms with Crippen molar-refractivity contribution in [3.05, 3.63) is 34.4 Å². The molecule has 1 N–H and O–H groups in total. The topological polar surface area (TPSA) is 110 Å². The molecule has 2 atom stereocenters. The second-order valence-corrected chi connectivity index (χ2v) is 7.00. The van der Waals surface area contributed by atoms with Crippen molar-refractivity contribution in [3.63, 3.8) is 0 Å². The molecule has 2 amide bonds. The molecule has 0 aliphatic carbocycles. The summed E-state index contributed by atoms with van der Waals surface area (Å²) < 4.78 is 23.2. The van der Waals surface area contributed by atoms with Gasteiger partial charge in [-0.2, -0.15) is 0 Å². The molecule has 0 radical (unpaired) electrons. The molecule has 2 heterocycles. The predicted octanol–water partition coefficient (Wildman–Crippen LogP) is 0.290. The highest BCUT2D eigenvalue weighted by molar-refractivity contribution is 7.91. The van der Waals surface area contributed by atoms with Crippen molar-refractivity contribution < 1.29 is 18.1 Å². The molecular weight excluding hydrogens is 286 g/mol. The van der Waals surface area contributed by atoms with Crippen molar-refractivity contribution in [3.8, 4) is 0 Å². The average molecular weight is 297 g/mol. The van der Waals surface area contributed by atoms with E-state index in [-0.39, 0.29) is 23.2 Å². The Morgan fingerprint density at radius 3 is 2.50 bits per heavy atom. The van der Waals surface area contributed by atoms with Gasteiger partial charge in [0.15, 0.2) is 9.84 Å². The molecule has 1 aromatic carbocycles. The van der Waals surface area contributed by atoms with Gasteiger partial charge in [-0.3, -0.25) is 15.0 Å². The van der Waals surface area contributed by atoms with E-state index in [1.54, 1.807) is 0 Å². The number of hydrogen-bond acceptors (Lipinski definition) is 5. The van der Waals surface area contributed by atoms with Gasteiger partial charge in [0.1, 0.15) is 0 Å². The third-order valence-corrected chi connectivity index (χ3v) is 5.24. The summed E-state index contributed by atoms with van der Waals surface area (Å²) in [5.41, 5.74) is 0.377. The highest BCUT2D eigenvalue weighted by Crippen LogP contribution is 2.30. The van der Waals surface area contributed by atoms with Crippen LogP contribution in [0.5, 0.6) is 0 Å². The fourth-order valence-electron chi connectivity index (χ4n) is 2.64. The minimum absolute atomic E-state index is 0.0626. The van der Waals surface area contributed by atoms with Crippen molar-refractivity contribution in [1.29, 1.82) is 0 Å². The number of nitrogens with one attached hydrogen (secondary N) is 1. The summed E-state index contributed by atoms with van der Waals surface area (Å²) in [6, 6.07) is 4.25. The van der Waals surface area contributed by atoms with E-state index in [0.29, 0.717) is 5.69 Å². The zero-order chi connectivity index (χ0) is 14.5. The van der Waals surface area contributed by atoms with E-state index in [1.807, 2.05) is 0 Å². The van der Waals surface area contributed by atoms with E-state index in [2.05, 4.69) is 5.32 Å². The number of urea groups is 1. The molecule has 106 valence electrons. The molecule has 2 unspecified atom stereocenters. The second kappa shape index (κ2) is 4.17. The molecule has 0 saturated carbocycles. The quantitative estimate of drug-likeness (QED) is 0.479. The number of carbonyl (C=O) groups excluding carboxylic acids is 1. The fourth-order valence-corrected chi connectivity index (χ4v) is 4.53. The lowest BCUT2D eigenvalue weighted by Gasteiger charge is -2.21. The molecule has 20 heavy (non-hydrogen) atoms. The van der Waals surface area contributed by atoms with Crippen LogP contribution in [-0.4, -0.2) is 43.0 Å². The van der Waals surface area contributed by atoms with Gasteiger partial charge in [-0.05, 0) is 12.1 Å². The van der Waals surface area contributed by atoms with Crippen LogP contribution in [0.1, 0.15) is 0 Å². The van der Waals surface area contributed by atoms with E-state index < -0.39 is 26.8 Å².